The summed E-state index contributed by atoms with van der Waals surface area (Å²) in [6.45, 7) is 3.65. The zero-order chi connectivity index (χ0) is 27.8. The maximum Gasteiger partial charge on any atom is 0.260 e. The third-order valence-electron chi connectivity index (χ3n) is 7.12. The number of benzene rings is 3. The zero-order valence-corrected chi connectivity index (χ0v) is 24.1. The van der Waals surface area contributed by atoms with Crippen molar-refractivity contribution in [2.75, 3.05) is 13.2 Å². The van der Waals surface area contributed by atoms with E-state index in [1.54, 1.807) is 24.3 Å². The van der Waals surface area contributed by atoms with Gasteiger partial charge in [-0.3, -0.25) is 5.41 Å². The average molecular weight is 596 g/mol. The van der Waals surface area contributed by atoms with Crippen molar-refractivity contribution in [2.45, 2.75) is 32.3 Å². The first kappa shape index (κ1) is 26.9. The van der Waals surface area contributed by atoms with Crippen molar-refractivity contribution in [3.8, 4) is 11.5 Å². The number of halogens is 2. The molecule has 0 saturated heterocycles. The summed E-state index contributed by atoms with van der Waals surface area (Å²) in [5.41, 5.74) is 4.18. The predicted octanol–water partition coefficient (Wildman–Crippen LogP) is 6.51. The minimum Gasteiger partial charge on any atom is -0.492 e. The molecule has 2 unspecified atom stereocenters. The zero-order valence-electron chi connectivity index (χ0n) is 21.7. The SMILES string of the molecule is Cc1cn(CCOc2ccc(C3c4[nH]c5ccc(Cl)cc5c4CCN3C(O)Oc3ccc(Cl)cc3)cc2)c(=N)s1. The quantitative estimate of drug-likeness (QED) is 0.179. The van der Waals surface area contributed by atoms with Gasteiger partial charge >= 0.3 is 0 Å². The van der Waals surface area contributed by atoms with Crippen LogP contribution in [-0.2, 0) is 13.0 Å². The molecule has 7 nitrogen and oxygen atoms in total. The van der Waals surface area contributed by atoms with Crippen molar-refractivity contribution in [3.05, 3.63) is 109 Å². The molecule has 0 spiro atoms. The molecule has 0 amide bonds. The third kappa shape index (κ3) is 5.50. The molecule has 10 heteroatoms. The Labute approximate surface area is 245 Å². The molecule has 0 fully saturated rings. The fraction of sp³-hybridized carbons (Fsp3) is 0.233. The summed E-state index contributed by atoms with van der Waals surface area (Å²) in [5, 5.41) is 21.7. The van der Waals surface area contributed by atoms with Crippen molar-refractivity contribution in [2.24, 2.45) is 0 Å². The fourth-order valence-corrected chi connectivity index (χ4v) is 6.31. The number of fused-ring (bicyclic) bond motifs is 3. The van der Waals surface area contributed by atoms with E-state index in [-0.39, 0.29) is 6.04 Å². The van der Waals surface area contributed by atoms with Crippen LogP contribution in [0.1, 0.15) is 27.7 Å². The molecule has 0 saturated carbocycles. The van der Waals surface area contributed by atoms with Gasteiger partial charge in [-0.2, -0.15) is 0 Å². The minimum atomic E-state index is -1.18. The number of aliphatic hydroxyl groups excluding tert-OH is 1. The number of nitrogens with zero attached hydrogens (tertiary/aromatic N) is 2. The van der Waals surface area contributed by atoms with Gasteiger partial charge < -0.3 is 24.1 Å². The van der Waals surface area contributed by atoms with Crippen LogP contribution in [0.15, 0.2) is 72.9 Å². The molecule has 206 valence electrons. The number of ether oxygens (including phenoxy) is 2. The number of aryl methyl sites for hydroxylation is 1. The van der Waals surface area contributed by atoms with Gasteiger partial charge in [0, 0.05) is 44.3 Å². The average Bonchev–Trinajstić information content (AvgIpc) is 3.47. The van der Waals surface area contributed by atoms with Crippen molar-refractivity contribution in [3.63, 3.8) is 0 Å². The molecule has 6 rings (SSSR count). The molecule has 40 heavy (non-hydrogen) atoms. The van der Waals surface area contributed by atoms with Gasteiger partial charge in [-0.1, -0.05) is 35.3 Å². The molecule has 1 aliphatic heterocycles. The highest BCUT2D eigenvalue weighted by atomic mass is 35.5. The van der Waals surface area contributed by atoms with Gasteiger partial charge in [-0.05, 0) is 79.1 Å². The monoisotopic (exact) mass is 594 g/mol. The van der Waals surface area contributed by atoms with Gasteiger partial charge in [0.05, 0.1) is 12.6 Å². The number of hydrogen-bond acceptors (Lipinski definition) is 6. The molecular formula is C30H28Cl2N4O3S. The second-order valence-electron chi connectivity index (χ2n) is 9.75. The van der Waals surface area contributed by atoms with Gasteiger partial charge in [0.2, 0.25) is 0 Å². The van der Waals surface area contributed by atoms with Gasteiger partial charge in [0.1, 0.15) is 18.1 Å². The molecule has 2 aromatic heterocycles. The summed E-state index contributed by atoms with van der Waals surface area (Å²) in [6.07, 6.45) is 1.52. The maximum atomic E-state index is 11.3. The van der Waals surface area contributed by atoms with Crippen LogP contribution in [0.3, 0.4) is 0 Å². The van der Waals surface area contributed by atoms with Gasteiger partial charge in [-0.25, -0.2) is 4.90 Å². The molecule has 1 aliphatic rings. The van der Waals surface area contributed by atoms with Gasteiger partial charge in [0.25, 0.3) is 6.41 Å². The van der Waals surface area contributed by atoms with Crippen LogP contribution in [0.5, 0.6) is 11.5 Å². The lowest BCUT2D eigenvalue weighted by molar-refractivity contribution is -0.150. The number of rotatable bonds is 8. The molecule has 2 atom stereocenters. The van der Waals surface area contributed by atoms with Crippen molar-refractivity contribution in [1.82, 2.24) is 14.5 Å². The molecule has 3 heterocycles. The van der Waals surface area contributed by atoms with E-state index in [0.717, 1.165) is 39.2 Å². The van der Waals surface area contributed by atoms with E-state index in [1.807, 2.05) is 65.1 Å². The highest BCUT2D eigenvalue weighted by molar-refractivity contribution is 7.09. The highest BCUT2D eigenvalue weighted by Gasteiger charge is 2.36. The second kappa shape index (κ2) is 11.3. The van der Waals surface area contributed by atoms with E-state index in [0.29, 0.717) is 40.3 Å². The topological polar surface area (TPSA) is 86.5 Å². The number of aromatic nitrogens is 2. The van der Waals surface area contributed by atoms with Crippen LogP contribution in [0.4, 0.5) is 0 Å². The standard InChI is InChI=1S/C30H28Cl2N4O3S/c1-18-17-35(29(33)40-18)14-15-38-22-7-2-19(3-8-22)28-27-24(25-16-21(32)6-11-26(25)34-27)12-13-36(28)30(37)39-23-9-4-20(31)5-10-23/h2-11,16-17,28,30,33-34,37H,12-15H2,1H3. The van der Waals surface area contributed by atoms with E-state index in [1.165, 1.54) is 16.9 Å². The molecule has 3 aromatic carbocycles. The van der Waals surface area contributed by atoms with Gasteiger partial charge in [-0.15, -0.1) is 11.3 Å². The molecule has 5 aromatic rings. The van der Waals surface area contributed by atoms with E-state index in [4.69, 9.17) is 38.1 Å². The van der Waals surface area contributed by atoms with E-state index < -0.39 is 6.41 Å². The largest absolute Gasteiger partial charge is 0.492 e. The number of thiazole rings is 1. The maximum absolute atomic E-state index is 11.3. The minimum absolute atomic E-state index is 0.290. The summed E-state index contributed by atoms with van der Waals surface area (Å²) < 4.78 is 13.8. The normalized spacial score (nSPS) is 16.1. The van der Waals surface area contributed by atoms with Crippen molar-refractivity contribution >= 4 is 45.4 Å². The smallest absolute Gasteiger partial charge is 0.260 e. The number of aromatic amines is 1. The Morgan fingerprint density at radius 2 is 1.77 bits per heavy atom. The summed E-state index contributed by atoms with van der Waals surface area (Å²) in [5.74, 6) is 1.27. The Kier molecular flexibility index (Phi) is 7.61. The first-order valence-corrected chi connectivity index (χ1v) is 14.5. The fourth-order valence-electron chi connectivity index (χ4n) is 5.27. The van der Waals surface area contributed by atoms with Crippen molar-refractivity contribution in [1.29, 1.82) is 5.41 Å². The molecule has 0 bridgehead atoms. The first-order chi connectivity index (χ1) is 19.4. The summed E-state index contributed by atoms with van der Waals surface area (Å²) in [4.78, 5) is 7.15. The summed E-state index contributed by atoms with van der Waals surface area (Å²) >= 11 is 13.8. The van der Waals surface area contributed by atoms with E-state index >= 15 is 0 Å². The van der Waals surface area contributed by atoms with Crippen LogP contribution < -0.4 is 14.3 Å². The van der Waals surface area contributed by atoms with Crippen LogP contribution in [0.2, 0.25) is 10.0 Å². The van der Waals surface area contributed by atoms with E-state index in [2.05, 4.69) is 4.98 Å². The molecule has 0 aliphatic carbocycles. The third-order valence-corrected chi connectivity index (χ3v) is 8.46. The van der Waals surface area contributed by atoms with Crippen LogP contribution >= 0.6 is 34.5 Å². The predicted molar refractivity (Wildman–Crippen MR) is 158 cm³/mol. The van der Waals surface area contributed by atoms with E-state index in [9.17, 15) is 5.11 Å². The lowest BCUT2D eigenvalue weighted by Crippen LogP contribution is -2.46. The van der Waals surface area contributed by atoms with Crippen LogP contribution in [0, 0.1) is 12.3 Å². The van der Waals surface area contributed by atoms with Gasteiger partial charge in [0.15, 0.2) is 4.80 Å². The number of nitrogens with one attached hydrogen (secondary N) is 2. The number of aliphatic hydroxyl groups is 1. The number of H-pyrrole nitrogens is 1. The Bertz CT molecular complexity index is 1700. The second-order valence-corrected chi connectivity index (χ2v) is 11.9. The highest BCUT2D eigenvalue weighted by Crippen LogP contribution is 2.40. The molecule has 3 N–H and O–H groups in total. The Hall–Kier alpha value is -3.27. The van der Waals surface area contributed by atoms with Crippen molar-refractivity contribution < 1.29 is 14.6 Å². The Balaban J connectivity index is 1.28. The Morgan fingerprint density at radius 1 is 1.05 bits per heavy atom. The first-order valence-electron chi connectivity index (χ1n) is 13.0. The molecule has 0 radical (unpaired) electrons. The van der Waals surface area contributed by atoms with Crippen LogP contribution in [-0.4, -0.2) is 39.1 Å². The lowest BCUT2D eigenvalue weighted by atomic mass is 9.92. The summed E-state index contributed by atoms with van der Waals surface area (Å²) in [6, 6.07) is 20.5. The summed E-state index contributed by atoms with van der Waals surface area (Å²) in [7, 11) is 0. The number of hydrogen-bond donors (Lipinski definition) is 3. The Morgan fingerprint density at radius 3 is 2.50 bits per heavy atom. The van der Waals surface area contributed by atoms with Crippen LogP contribution in [0.25, 0.3) is 10.9 Å². The molecular weight excluding hydrogens is 567 g/mol. The lowest BCUT2D eigenvalue weighted by Gasteiger charge is -2.38.